The third-order valence-electron chi connectivity index (χ3n) is 13.8. The van der Waals surface area contributed by atoms with Crippen molar-refractivity contribution < 1.29 is 89.4 Å². The predicted octanol–water partition coefficient (Wildman–Crippen LogP) is 9.33. The van der Waals surface area contributed by atoms with E-state index in [-0.39, 0.29) is 36.9 Å². The topological polar surface area (TPSA) is 246 Å². The molecule has 470 valence electrons. The lowest BCUT2D eigenvalue weighted by atomic mass is 9.93. The number of rotatable bonds is 12. The minimum absolute atomic E-state index is 0.0813. The first-order valence-corrected chi connectivity index (χ1v) is 30.3. The maximum atomic E-state index is 15.7. The van der Waals surface area contributed by atoms with Crippen LogP contribution in [-0.2, 0) is 70.5 Å². The van der Waals surface area contributed by atoms with Crippen molar-refractivity contribution in [3.63, 3.8) is 0 Å². The summed E-state index contributed by atoms with van der Waals surface area (Å²) in [5.74, 6) is -9.48. The van der Waals surface area contributed by atoms with Crippen LogP contribution in [0.2, 0.25) is 5.02 Å². The largest absolute Gasteiger partial charge is 0.444 e. The number of carbonyl (C=O) groups is 4. The van der Waals surface area contributed by atoms with E-state index in [1.807, 2.05) is 0 Å². The zero-order valence-corrected chi connectivity index (χ0v) is 50.1. The Morgan fingerprint density at radius 2 is 1.47 bits per heavy atom. The fourth-order valence-electron chi connectivity index (χ4n) is 9.74. The lowest BCUT2D eigenvalue weighted by Gasteiger charge is -2.41. The van der Waals surface area contributed by atoms with Crippen molar-refractivity contribution in [2.24, 2.45) is 16.8 Å². The SMILES string of the molecule is CC(C)(C)OC(=O)N=C(NC(=O)OC(C)(C)C)N1CC(C(=O)N(c2nn(CC(F)(F)F)c3c(-c4ccc(C#CC(C)(C)S(C)(=O)=O)nc4[C@H](Cc4cc(F)cc(F)c4)NC(=O)Cn4nc(C(F)(F)F)c5c4C(F)(F)[C@@H]4C[C@H]54)ccc(Cl)c23)S(C)(=O)=O)C1. The van der Waals surface area contributed by atoms with Gasteiger partial charge in [0.2, 0.25) is 27.8 Å². The van der Waals surface area contributed by atoms with Crippen LogP contribution in [0.5, 0.6) is 0 Å². The number of fused-ring (bicyclic) bond motifs is 4. The summed E-state index contributed by atoms with van der Waals surface area (Å²) in [6.45, 7) is 7.20. The smallest absolute Gasteiger partial charge is 0.437 e. The van der Waals surface area contributed by atoms with Gasteiger partial charge in [-0.15, -0.1) is 4.99 Å². The molecule has 87 heavy (non-hydrogen) atoms. The minimum atomic E-state index is -5.26. The summed E-state index contributed by atoms with van der Waals surface area (Å²) in [6, 6.07) is 4.58. The number of anilines is 1. The van der Waals surface area contributed by atoms with Gasteiger partial charge in [-0.05, 0) is 116 Å². The van der Waals surface area contributed by atoms with Gasteiger partial charge in [-0.25, -0.2) is 40.2 Å². The molecule has 3 aromatic heterocycles. The van der Waals surface area contributed by atoms with Crippen molar-refractivity contribution in [2.45, 2.75) is 128 Å². The first kappa shape index (κ1) is 65.4. The molecule has 2 aromatic carbocycles. The molecule has 8 rings (SSSR count). The highest BCUT2D eigenvalue weighted by atomic mass is 35.5. The number of guanidine groups is 1. The van der Waals surface area contributed by atoms with E-state index in [0.717, 1.165) is 47.6 Å². The molecule has 1 aliphatic heterocycles. The number of nitrogens with one attached hydrogen (secondary N) is 2. The van der Waals surface area contributed by atoms with E-state index in [1.54, 1.807) is 0 Å². The van der Waals surface area contributed by atoms with Crippen LogP contribution >= 0.6 is 11.6 Å². The summed E-state index contributed by atoms with van der Waals surface area (Å²) in [7, 11) is -8.92. The van der Waals surface area contributed by atoms with Crippen LogP contribution in [0, 0.1) is 35.3 Å². The number of nitrogens with zero attached hydrogens (tertiary/aromatic N) is 8. The third kappa shape index (κ3) is 14.4. The fraction of sp³-hybridized carbons (Fsp3) is 0.481. The molecule has 0 radical (unpaired) electrons. The van der Waals surface area contributed by atoms with Gasteiger partial charge in [-0.2, -0.15) is 49.6 Å². The summed E-state index contributed by atoms with van der Waals surface area (Å²) in [5, 5.41) is 11.0. The molecule has 5 aromatic rings. The zero-order chi connectivity index (χ0) is 64.9. The number of ether oxygens (including phenoxy) is 2. The molecule has 2 fully saturated rings. The Bertz CT molecular complexity index is 3970. The lowest BCUT2D eigenvalue weighted by Crippen LogP contribution is -2.61. The van der Waals surface area contributed by atoms with Gasteiger partial charge in [0.1, 0.15) is 52.1 Å². The van der Waals surface area contributed by atoms with Crippen LogP contribution in [0.4, 0.5) is 59.3 Å². The Hall–Kier alpha value is -7.53. The Morgan fingerprint density at radius 1 is 0.862 bits per heavy atom. The van der Waals surface area contributed by atoms with Crippen LogP contribution in [0.1, 0.15) is 108 Å². The van der Waals surface area contributed by atoms with Gasteiger partial charge in [0, 0.05) is 48.0 Å². The molecular weight excluding hydrogens is 1240 g/mol. The number of sulfonamides is 1. The predicted molar refractivity (Wildman–Crippen MR) is 293 cm³/mol. The Balaban J connectivity index is 1.29. The molecule has 2 N–H and O–H groups in total. The van der Waals surface area contributed by atoms with Crippen LogP contribution in [0.3, 0.4) is 0 Å². The van der Waals surface area contributed by atoms with Gasteiger partial charge in [0.15, 0.2) is 21.3 Å². The van der Waals surface area contributed by atoms with Crippen molar-refractivity contribution in [1.29, 1.82) is 0 Å². The second-order valence-electron chi connectivity index (χ2n) is 23.5. The van der Waals surface area contributed by atoms with E-state index in [1.165, 1.54) is 55.4 Å². The van der Waals surface area contributed by atoms with Crippen molar-refractivity contribution in [2.75, 3.05) is 29.9 Å². The molecule has 20 nitrogen and oxygen atoms in total. The summed E-state index contributed by atoms with van der Waals surface area (Å²) >= 11 is 6.79. The minimum Gasteiger partial charge on any atom is -0.444 e. The van der Waals surface area contributed by atoms with Crippen molar-refractivity contribution in [3.8, 4) is 23.0 Å². The van der Waals surface area contributed by atoms with Crippen molar-refractivity contribution in [1.82, 2.24) is 40.1 Å². The summed E-state index contributed by atoms with van der Waals surface area (Å²) in [6.07, 6.45) is -12.4. The van der Waals surface area contributed by atoms with Gasteiger partial charge < -0.3 is 19.7 Å². The number of halogens is 11. The van der Waals surface area contributed by atoms with E-state index < -0.39 is 202 Å². The monoisotopic (exact) mass is 1290 g/mol. The maximum absolute atomic E-state index is 15.7. The Morgan fingerprint density at radius 3 is 2.03 bits per heavy atom. The van der Waals surface area contributed by atoms with Crippen molar-refractivity contribution in [3.05, 3.63) is 93.0 Å². The fourth-order valence-corrected chi connectivity index (χ4v) is 11.1. The Kier molecular flexibility index (Phi) is 17.0. The maximum Gasteiger partial charge on any atom is 0.437 e. The number of sulfone groups is 1. The molecule has 33 heteroatoms. The number of hydrogen-bond acceptors (Lipinski definition) is 13. The van der Waals surface area contributed by atoms with E-state index in [2.05, 4.69) is 42.6 Å². The number of aliphatic imine (C=N–C) groups is 1. The summed E-state index contributed by atoms with van der Waals surface area (Å²) in [5.41, 5.74) is -8.37. The molecular formula is C54H55ClF10N10O10S2. The number of amides is 4. The standard InChI is InChI=1S/C54H55ClF10N10O10S2/c1-49(2,3)84-47(78)68-46(69-48(79)85-50(4,5)6)72-22-27(23-72)45(77)75(87(10,82)83)44-39-35(55)14-13-32(41(39)74(71-44)25-52(58,59)60)31-12-11-30(15-16-51(7,8)86(9,80)81)66-40(31)36(19-26-17-28(56)20-29(57)18-26)67-37(76)24-73-43-38(42(70-73)54(63,64)65)33-21-34(33)53(43,61)62/h11-14,17-18,20,27,33-34,36H,19,21-25H2,1-10H3,(H,67,76)(H,68,69,78,79)/t33-,34+,36-/m0/s1. The highest BCUT2D eigenvalue weighted by Crippen LogP contribution is 2.68. The molecule has 1 saturated carbocycles. The van der Waals surface area contributed by atoms with E-state index in [9.17, 15) is 71.1 Å². The number of benzene rings is 2. The number of carbonyl (C=O) groups excluding carboxylic acids is 4. The molecule has 2 aliphatic carbocycles. The quantitative estimate of drug-likeness (QED) is 0.0512. The van der Waals surface area contributed by atoms with Gasteiger partial charge in [-0.3, -0.25) is 24.3 Å². The van der Waals surface area contributed by atoms with Crippen LogP contribution < -0.4 is 14.9 Å². The molecule has 0 spiro atoms. The van der Waals surface area contributed by atoms with Gasteiger partial charge >= 0.3 is 24.5 Å². The van der Waals surface area contributed by atoms with Crippen LogP contribution in [-0.4, -0.2) is 124 Å². The average Bonchev–Trinajstić information content (AvgIpc) is 1.53. The van der Waals surface area contributed by atoms with E-state index in [4.69, 9.17) is 21.1 Å². The van der Waals surface area contributed by atoms with Crippen LogP contribution in [0.25, 0.3) is 22.0 Å². The number of alkyl carbamates (subject to hydrolysis) is 1. The highest BCUT2D eigenvalue weighted by molar-refractivity contribution is 7.93. The third-order valence-corrected chi connectivity index (χ3v) is 17.1. The molecule has 3 atom stereocenters. The molecule has 4 heterocycles. The number of likely N-dealkylation sites (tertiary alicyclic amines) is 1. The molecule has 0 unspecified atom stereocenters. The number of alkyl halides is 8. The van der Waals surface area contributed by atoms with E-state index >= 15 is 8.78 Å². The number of hydrogen-bond donors (Lipinski definition) is 2. The molecule has 3 aliphatic rings. The first-order chi connectivity index (χ1) is 39.7. The van der Waals surface area contributed by atoms with Crippen LogP contribution in [0.15, 0.2) is 47.5 Å². The first-order valence-electron chi connectivity index (χ1n) is 26.1. The second kappa shape index (κ2) is 22.6. The highest BCUT2D eigenvalue weighted by Gasteiger charge is 2.68. The van der Waals surface area contributed by atoms with Crippen molar-refractivity contribution >= 4 is 78.1 Å². The zero-order valence-electron chi connectivity index (χ0n) is 47.7. The summed E-state index contributed by atoms with van der Waals surface area (Å²) in [4.78, 5) is 64.3. The van der Waals surface area contributed by atoms with Gasteiger partial charge in [-0.1, -0.05) is 23.6 Å². The van der Waals surface area contributed by atoms with Gasteiger partial charge in [0.05, 0.1) is 39.8 Å². The summed E-state index contributed by atoms with van der Waals surface area (Å²) < 4.78 is 212. The normalized spacial score (nSPS) is 17.6. The molecule has 1 saturated heterocycles. The molecule has 4 amide bonds. The van der Waals surface area contributed by atoms with E-state index in [0.29, 0.717) is 12.3 Å². The Labute approximate surface area is 495 Å². The van der Waals surface area contributed by atoms with Gasteiger partial charge in [0.25, 0.3) is 5.92 Å². The average molecular weight is 1290 g/mol. The number of pyridine rings is 1. The lowest BCUT2D eigenvalue weighted by molar-refractivity contribution is -0.143. The second-order valence-corrected chi connectivity index (χ2v) is 28.3. The molecule has 0 bridgehead atoms. The number of aromatic nitrogens is 5.